The van der Waals surface area contributed by atoms with Crippen LogP contribution in [0.3, 0.4) is 0 Å². The second-order valence-corrected chi connectivity index (χ2v) is 8.21. The van der Waals surface area contributed by atoms with Crippen LogP contribution in [0.5, 0.6) is 11.5 Å². The quantitative estimate of drug-likeness (QED) is 0.668. The maximum Gasteiger partial charge on any atom is 0.254 e. The van der Waals surface area contributed by atoms with E-state index < -0.39 is 0 Å². The fourth-order valence-electron chi connectivity index (χ4n) is 4.26. The highest BCUT2D eigenvalue weighted by molar-refractivity contribution is 5.95. The van der Waals surface area contributed by atoms with E-state index in [1.54, 1.807) is 19.3 Å². The molecule has 1 aromatic rings. The van der Waals surface area contributed by atoms with E-state index in [2.05, 4.69) is 18.4 Å². The summed E-state index contributed by atoms with van der Waals surface area (Å²) >= 11 is 0. The van der Waals surface area contributed by atoms with Crippen LogP contribution in [0.25, 0.3) is 0 Å². The molecule has 0 N–H and O–H groups in total. The van der Waals surface area contributed by atoms with Crippen molar-refractivity contribution in [2.45, 2.75) is 32.6 Å². The van der Waals surface area contributed by atoms with Gasteiger partial charge >= 0.3 is 0 Å². The van der Waals surface area contributed by atoms with Gasteiger partial charge in [-0.15, -0.1) is 0 Å². The van der Waals surface area contributed by atoms with Gasteiger partial charge in [-0.2, -0.15) is 0 Å². The molecule has 28 heavy (non-hydrogen) atoms. The molecule has 0 radical (unpaired) electrons. The summed E-state index contributed by atoms with van der Waals surface area (Å²) in [6.45, 7) is 11.6. The predicted octanol–water partition coefficient (Wildman–Crippen LogP) is 3.84. The molecule has 0 aromatic heterocycles. The van der Waals surface area contributed by atoms with Gasteiger partial charge < -0.3 is 19.3 Å². The van der Waals surface area contributed by atoms with Crippen LogP contribution in [-0.2, 0) is 0 Å². The normalized spacial score (nSPS) is 21.4. The fraction of sp³-hybridized carbons (Fsp3) is 0.609. The smallest absolute Gasteiger partial charge is 0.254 e. The molecule has 2 saturated heterocycles. The lowest BCUT2D eigenvalue weighted by molar-refractivity contribution is 0.0622. The summed E-state index contributed by atoms with van der Waals surface area (Å²) in [6, 6.07) is 5.43. The van der Waals surface area contributed by atoms with Gasteiger partial charge in [0, 0.05) is 25.2 Å². The third-order valence-corrected chi connectivity index (χ3v) is 5.97. The van der Waals surface area contributed by atoms with Gasteiger partial charge in [-0.05, 0) is 68.8 Å². The largest absolute Gasteiger partial charge is 0.493 e. The molecule has 1 atom stereocenters. The van der Waals surface area contributed by atoms with Crippen LogP contribution in [0.2, 0.25) is 0 Å². The molecule has 2 aliphatic rings. The Morgan fingerprint density at radius 1 is 1.21 bits per heavy atom. The number of amides is 1. The number of ether oxygens (including phenoxy) is 2. The summed E-state index contributed by atoms with van der Waals surface area (Å²) in [6.07, 6.45) is 6.59. The van der Waals surface area contributed by atoms with Crippen LogP contribution in [0, 0.1) is 11.8 Å². The molecule has 2 aliphatic heterocycles. The van der Waals surface area contributed by atoms with E-state index in [9.17, 15) is 4.79 Å². The Balaban J connectivity index is 1.60. The van der Waals surface area contributed by atoms with Crippen molar-refractivity contribution < 1.29 is 14.3 Å². The Bertz CT molecular complexity index is 668. The first-order valence-corrected chi connectivity index (χ1v) is 10.5. The monoisotopic (exact) mass is 386 g/mol. The number of likely N-dealkylation sites (tertiary alicyclic amines) is 2. The Hall–Kier alpha value is -2.01. The fourth-order valence-corrected chi connectivity index (χ4v) is 4.26. The Morgan fingerprint density at radius 2 is 2.00 bits per heavy atom. The number of benzene rings is 1. The molecule has 0 saturated carbocycles. The van der Waals surface area contributed by atoms with E-state index in [4.69, 9.17) is 9.47 Å². The van der Waals surface area contributed by atoms with Crippen molar-refractivity contribution in [1.82, 2.24) is 9.80 Å². The zero-order valence-electron chi connectivity index (χ0n) is 17.4. The van der Waals surface area contributed by atoms with Crippen molar-refractivity contribution in [3.63, 3.8) is 0 Å². The average Bonchev–Trinajstić information content (AvgIpc) is 2.73. The number of carbonyl (C=O) groups excluding carboxylic acids is 1. The Labute approximate surface area is 169 Å². The minimum Gasteiger partial charge on any atom is -0.493 e. The number of piperidine rings is 2. The summed E-state index contributed by atoms with van der Waals surface area (Å²) in [5.74, 6) is 2.74. The predicted molar refractivity (Wildman–Crippen MR) is 112 cm³/mol. The van der Waals surface area contributed by atoms with Gasteiger partial charge in [-0.3, -0.25) is 4.79 Å². The molecule has 5 heteroatoms. The highest BCUT2D eigenvalue weighted by Gasteiger charge is 2.27. The zero-order valence-corrected chi connectivity index (χ0v) is 17.4. The van der Waals surface area contributed by atoms with Crippen LogP contribution < -0.4 is 9.47 Å². The van der Waals surface area contributed by atoms with Crippen molar-refractivity contribution in [3.8, 4) is 11.5 Å². The minimum absolute atomic E-state index is 0.0885. The van der Waals surface area contributed by atoms with Gasteiger partial charge in [0.25, 0.3) is 5.91 Å². The Kier molecular flexibility index (Phi) is 7.37. The van der Waals surface area contributed by atoms with Gasteiger partial charge in [-0.25, -0.2) is 0 Å². The van der Waals surface area contributed by atoms with Gasteiger partial charge in [0.05, 0.1) is 7.11 Å². The number of rotatable bonds is 7. The van der Waals surface area contributed by atoms with Crippen molar-refractivity contribution >= 4 is 5.91 Å². The van der Waals surface area contributed by atoms with Crippen LogP contribution in [-0.4, -0.2) is 62.1 Å². The van der Waals surface area contributed by atoms with Crippen molar-refractivity contribution in [1.29, 1.82) is 0 Å². The average molecular weight is 387 g/mol. The molecule has 2 fully saturated rings. The molecule has 1 unspecified atom stereocenters. The molecular formula is C23H34N2O3. The van der Waals surface area contributed by atoms with Gasteiger partial charge in [0.15, 0.2) is 11.5 Å². The third-order valence-electron chi connectivity index (χ3n) is 5.97. The maximum absolute atomic E-state index is 13.1. The van der Waals surface area contributed by atoms with Gasteiger partial charge in [-0.1, -0.05) is 19.6 Å². The van der Waals surface area contributed by atoms with Gasteiger partial charge in [0.1, 0.15) is 6.61 Å². The number of methoxy groups -OCH3 is 1. The van der Waals surface area contributed by atoms with E-state index in [1.807, 2.05) is 17.0 Å². The molecular weight excluding hydrogens is 352 g/mol. The SMILES string of the molecule is C=CCOc1ccc(C(=O)N2CCCC(CN3CCC(C)CC3)C2)cc1OC. The molecule has 3 rings (SSSR count). The topological polar surface area (TPSA) is 42.0 Å². The van der Waals surface area contributed by atoms with E-state index in [0.29, 0.717) is 29.6 Å². The lowest BCUT2D eigenvalue weighted by Gasteiger charge is -2.38. The second-order valence-electron chi connectivity index (χ2n) is 8.21. The molecule has 1 amide bonds. The highest BCUT2D eigenvalue weighted by Crippen LogP contribution is 2.29. The second kappa shape index (κ2) is 9.97. The molecule has 0 spiro atoms. The first-order chi connectivity index (χ1) is 13.6. The van der Waals surface area contributed by atoms with E-state index in [-0.39, 0.29) is 5.91 Å². The number of nitrogens with zero attached hydrogens (tertiary/aromatic N) is 2. The molecule has 2 heterocycles. The minimum atomic E-state index is 0.0885. The highest BCUT2D eigenvalue weighted by atomic mass is 16.5. The molecule has 0 aliphatic carbocycles. The summed E-state index contributed by atoms with van der Waals surface area (Å²) < 4.78 is 11.0. The first kappa shape index (κ1) is 20.7. The number of hydrogen-bond donors (Lipinski definition) is 0. The zero-order chi connectivity index (χ0) is 19.9. The van der Waals surface area contributed by atoms with E-state index in [0.717, 1.165) is 32.0 Å². The maximum atomic E-state index is 13.1. The van der Waals surface area contributed by atoms with Crippen molar-refractivity contribution in [3.05, 3.63) is 36.4 Å². The standard InChI is InChI=1S/C23H34N2O3/c1-4-14-28-21-8-7-20(15-22(21)27-3)23(26)25-11-5-6-19(17-25)16-24-12-9-18(2)10-13-24/h4,7-8,15,18-19H,1,5-6,9-14,16-17H2,2-3H3. The number of hydrogen-bond acceptors (Lipinski definition) is 4. The summed E-state index contributed by atoms with van der Waals surface area (Å²) in [5, 5.41) is 0. The third kappa shape index (κ3) is 5.28. The first-order valence-electron chi connectivity index (χ1n) is 10.5. The summed E-state index contributed by atoms with van der Waals surface area (Å²) in [5.41, 5.74) is 0.662. The van der Waals surface area contributed by atoms with Crippen LogP contribution in [0.15, 0.2) is 30.9 Å². The Morgan fingerprint density at radius 3 is 2.71 bits per heavy atom. The molecule has 1 aromatic carbocycles. The van der Waals surface area contributed by atoms with E-state index >= 15 is 0 Å². The lowest BCUT2D eigenvalue weighted by Crippen LogP contribution is -2.45. The summed E-state index contributed by atoms with van der Waals surface area (Å²) in [4.78, 5) is 17.7. The van der Waals surface area contributed by atoms with Crippen LogP contribution in [0.4, 0.5) is 0 Å². The van der Waals surface area contributed by atoms with E-state index in [1.165, 1.54) is 32.4 Å². The van der Waals surface area contributed by atoms with Crippen molar-refractivity contribution in [2.75, 3.05) is 46.4 Å². The molecule has 0 bridgehead atoms. The van der Waals surface area contributed by atoms with Crippen molar-refractivity contribution in [2.24, 2.45) is 11.8 Å². The van der Waals surface area contributed by atoms with Gasteiger partial charge in [0.2, 0.25) is 0 Å². The molecule has 154 valence electrons. The molecule has 5 nitrogen and oxygen atoms in total. The summed E-state index contributed by atoms with van der Waals surface area (Å²) in [7, 11) is 1.60. The van der Waals surface area contributed by atoms with Crippen LogP contribution >= 0.6 is 0 Å². The lowest BCUT2D eigenvalue weighted by atomic mass is 9.94. The number of carbonyl (C=O) groups is 1. The van der Waals surface area contributed by atoms with Crippen LogP contribution in [0.1, 0.15) is 43.0 Å².